The molecule has 4 rings (SSSR count). The van der Waals surface area contributed by atoms with E-state index in [1.807, 2.05) is 78.9 Å². The lowest BCUT2D eigenvalue weighted by Gasteiger charge is -2.11. The van der Waals surface area contributed by atoms with Gasteiger partial charge in [0.15, 0.2) is 11.5 Å². The predicted octanol–water partition coefficient (Wildman–Crippen LogP) is 6.06. The van der Waals surface area contributed by atoms with E-state index in [2.05, 4.69) is 10.2 Å². The third kappa shape index (κ3) is 4.70. The minimum Gasteiger partial charge on any atom is -0.493 e. The van der Waals surface area contributed by atoms with E-state index >= 15 is 0 Å². The first kappa shape index (κ1) is 19.7. The van der Waals surface area contributed by atoms with Crippen molar-refractivity contribution in [2.75, 3.05) is 7.11 Å². The Bertz CT molecular complexity index is 1140. The fourth-order valence-electron chi connectivity index (χ4n) is 2.85. The van der Waals surface area contributed by atoms with Gasteiger partial charge in [-0.2, -0.15) is 0 Å². The van der Waals surface area contributed by atoms with Crippen LogP contribution in [0.5, 0.6) is 11.5 Å². The Morgan fingerprint density at radius 3 is 2.40 bits per heavy atom. The molecule has 0 radical (unpaired) electrons. The van der Waals surface area contributed by atoms with Crippen LogP contribution in [0.2, 0.25) is 0 Å². The van der Waals surface area contributed by atoms with Crippen LogP contribution in [0.15, 0.2) is 83.3 Å². The Balaban J connectivity index is 1.51. The van der Waals surface area contributed by atoms with Crippen LogP contribution in [0.3, 0.4) is 0 Å². The van der Waals surface area contributed by atoms with E-state index in [0.717, 1.165) is 16.7 Å². The van der Waals surface area contributed by atoms with E-state index in [4.69, 9.17) is 25.5 Å². The van der Waals surface area contributed by atoms with Crippen LogP contribution in [-0.2, 0) is 6.61 Å². The Morgan fingerprint density at radius 2 is 1.67 bits per heavy atom. The molecule has 0 fully saturated rings. The van der Waals surface area contributed by atoms with E-state index in [-0.39, 0.29) is 5.89 Å². The molecule has 1 heterocycles. The highest BCUT2D eigenvalue weighted by molar-refractivity contribution is 6.50. The zero-order valence-electron chi connectivity index (χ0n) is 16.3. The summed E-state index contributed by atoms with van der Waals surface area (Å²) in [6.45, 7) is 0.456. The van der Waals surface area contributed by atoms with E-state index in [1.54, 1.807) is 13.2 Å². The number of rotatable bonds is 7. The van der Waals surface area contributed by atoms with Crippen LogP contribution >= 0.6 is 11.6 Å². The smallest absolute Gasteiger partial charge is 0.259 e. The predicted molar refractivity (Wildman–Crippen MR) is 117 cm³/mol. The maximum absolute atomic E-state index is 6.41. The second-order valence-corrected chi connectivity index (χ2v) is 6.86. The number of hydrogen-bond acceptors (Lipinski definition) is 5. The van der Waals surface area contributed by atoms with Crippen LogP contribution in [0.1, 0.15) is 17.0 Å². The first-order chi connectivity index (χ1) is 14.7. The van der Waals surface area contributed by atoms with E-state index in [9.17, 15) is 0 Å². The fourth-order valence-corrected chi connectivity index (χ4v) is 3.06. The van der Waals surface area contributed by atoms with Gasteiger partial charge in [-0.1, -0.05) is 66.2 Å². The lowest BCUT2D eigenvalue weighted by molar-refractivity contribution is 0.284. The van der Waals surface area contributed by atoms with Gasteiger partial charge in [0.25, 0.3) is 5.89 Å². The molecular weight excluding hydrogens is 400 g/mol. The van der Waals surface area contributed by atoms with Crippen molar-refractivity contribution >= 4 is 22.7 Å². The highest BCUT2D eigenvalue weighted by atomic mass is 35.5. The standard InChI is InChI=1S/C24H19ClN2O3/c1-28-22-15-18(12-13-21(22)29-16-17-8-4-2-5-9-17)14-20(25)24-27-26-23(30-24)19-10-6-3-7-11-19/h2-15H,16H2,1H3/b20-14-. The van der Waals surface area contributed by atoms with Crippen molar-refractivity contribution in [3.05, 3.63) is 95.9 Å². The number of hydrogen-bond donors (Lipinski definition) is 0. The molecule has 3 aromatic carbocycles. The van der Waals surface area contributed by atoms with Crippen LogP contribution in [0.4, 0.5) is 0 Å². The van der Waals surface area contributed by atoms with Crippen molar-refractivity contribution in [3.63, 3.8) is 0 Å². The molecule has 6 heteroatoms. The van der Waals surface area contributed by atoms with Crippen LogP contribution in [0.25, 0.3) is 22.6 Å². The van der Waals surface area contributed by atoms with Crippen molar-refractivity contribution in [3.8, 4) is 23.0 Å². The molecular formula is C24H19ClN2O3. The number of aromatic nitrogens is 2. The lowest BCUT2D eigenvalue weighted by atomic mass is 10.2. The van der Waals surface area contributed by atoms with Gasteiger partial charge in [-0.05, 0) is 41.5 Å². The third-order valence-corrected chi connectivity index (χ3v) is 4.64. The summed E-state index contributed by atoms with van der Waals surface area (Å²) in [7, 11) is 1.60. The molecule has 0 spiro atoms. The quantitative estimate of drug-likeness (QED) is 0.365. The number of halogens is 1. The average Bonchev–Trinajstić information content (AvgIpc) is 3.30. The zero-order valence-corrected chi connectivity index (χ0v) is 17.0. The molecule has 1 aromatic heterocycles. The molecule has 0 saturated carbocycles. The monoisotopic (exact) mass is 418 g/mol. The minimum absolute atomic E-state index is 0.249. The van der Waals surface area contributed by atoms with Crippen molar-refractivity contribution in [2.24, 2.45) is 0 Å². The second-order valence-electron chi connectivity index (χ2n) is 6.46. The lowest BCUT2D eigenvalue weighted by Crippen LogP contribution is -1.97. The number of benzene rings is 3. The molecule has 0 atom stereocenters. The molecule has 0 aliphatic rings. The Morgan fingerprint density at radius 1 is 0.933 bits per heavy atom. The summed E-state index contributed by atoms with van der Waals surface area (Å²) in [4.78, 5) is 0. The molecule has 0 unspecified atom stereocenters. The van der Waals surface area contributed by atoms with E-state index < -0.39 is 0 Å². The minimum atomic E-state index is 0.249. The molecule has 0 N–H and O–H groups in total. The first-order valence-electron chi connectivity index (χ1n) is 9.34. The summed E-state index contributed by atoms with van der Waals surface area (Å²) in [5.74, 6) is 1.93. The molecule has 30 heavy (non-hydrogen) atoms. The van der Waals surface area contributed by atoms with Gasteiger partial charge in [-0.15, -0.1) is 10.2 Å². The summed E-state index contributed by atoms with van der Waals surface area (Å²) in [5.41, 5.74) is 2.74. The number of nitrogens with zero attached hydrogens (tertiary/aromatic N) is 2. The van der Waals surface area contributed by atoms with Crippen LogP contribution in [-0.4, -0.2) is 17.3 Å². The number of ether oxygens (including phenoxy) is 2. The Hall–Kier alpha value is -3.57. The van der Waals surface area contributed by atoms with E-state index in [1.165, 1.54) is 0 Å². The summed E-state index contributed by atoms with van der Waals surface area (Å²) >= 11 is 6.41. The van der Waals surface area contributed by atoms with Gasteiger partial charge >= 0.3 is 0 Å². The maximum Gasteiger partial charge on any atom is 0.259 e. The SMILES string of the molecule is COc1cc(/C=C(\Cl)c2nnc(-c3ccccc3)o2)ccc1OCc1ccccc1. The van der Waals surface area contributed by atoms with Gasteiger partial charge in [0.1, 0.15) is 11.6 Å². The van der Waals surface area contributed by atoms with Gasteiger partial charge in [0, 0.05) is 5.56 Å². The molecule has 5 nitrogen and oxygen atoms in total. The maximum atomic E-state index is 6.41. The molecule has 150 valence electrons. The van der Waals surface area contributed by atoms with Gasteiger partial charge in [0.2, 0.25) is 5.89 Å². The topological polar surface area (TPSA) is 57.4 Å². The largest absolute Gasteiger partial charge is 0.493 e. The van der Waals surface area contributed by atoms with Crippen molar-refractivity contribution < 1.29 is 13.9 Å². The summed E-state index contributed by atoms with van der Waals surface area (Å²) in [5, 5.41) is 8.44. The number of methoxy groups -OCH3 is 1. The van der Waals surface area contributed by atoms with Crippen LogP contribution < -0.4 is 9.47 Å². The third-order valence-electron chi connectivity index (χ3n) is 4.37. The summed E-state index contributed by atoms with van der Waals surface area (Å²) in [6, 6.07) is 25.1. The van der Waals surface area contributed by atoms with Crippen molar-refractivity contribution in [1.29, 1.82) is 0 Å². The highest BCUT2D eigenvalue weighted by Gasteiger charge is 2.12. The molecule has 0 amide bonds. The van der Waals surface area contributed by atoms with E-state index in [0.29, 0.717) is 29.0 Å². The second kappa shape index (κ2) is 9.29. The first-order valence-corrected chi connectivity index (χ1v) is 9.72. The molecule has 0 aliphatic heterocycles. The molecule has 0 aliphatic carbocycles. The van der Waals surface area contributed by atoms with Crippen molar-refractivity contribution in [2.45, 2.75) is 6.61 Å². The van der Waals surface area contributed by atoms with Crippen LogP contribution in [0, 0.1) is 0 Å². The molecule has 0 saturated heterocycles. The van der Waals surface area contributed by atoms with Gasteiger partial charge in [-0.25, -0.2) is 0 Å². The van der Waals surface area contributed by atoms with Gasteiger partial charge in [-0.3, -0.25) is 0 Å². The van der Waals surface area contributed by atoms with Crippen molar-refractivity contribution in [1.82, 2.24) is 10.2 Å². The molecule has 0 bridgehead atoms. The van der Waals surface area contributed by atoms with Gasteiger partial charge in [0.05, 0.1) is 7.11 Å². The zero-order chi connectivity index (χ0) is 20.8. The Kier molecular flexibility index (Phi) is 6.11. The Labute approximate surface area is 179 Å². The molecule has 4 aromatic rings. The summed E-state index contributed by atoms with van der Waals surface area (Å²) < 4.78 is 17.1. The summed E-state index contributed by atoms with van der Waals surface area (Å²) in [6.07, 6.45) is 1.74. The average molecular weight is 419 g/mol. The highest BCUT2D eigenvalue weighted by Crippen LogP contribution is 2.31. The fraction of sp³-hybridized carbons (Fsp3) is 0.0833. The normalized spacial score (nSPS) is 11.3. The van der Waals surface area contributed by atoms with Gasteiger partial charge < -0.3 is 13.9 Å².